The number of nitrogens with zero attached hydrogens (tertiary/aromatic N) is 7. The maximum Gasteiger partial charge on any atom is 0.139 e. The lowest BCUT2D eigenvalue weighted by atomic mass is 10.1. The highest BCUT2D eigenvalue weighted by Gasteiger charge is 2.24. The first-order chi connectivity index (χ1) is 13.1. The van der Waals surface area contributed by atoms with Crippen LogP contribution in [0.25, 0.3) is 0 Å². The Morgan fingerprint density at radius 1 is 1.26 bits per heavy atom. The summed E-state index contributed by atoms with van der Waals surface area (Å²) < 4.78 is 5.79. The van der Waals surface area contributed by atoms with Gasteiger partial charge < -0.3 is 5.11 Å². The van der Waals surface area contributed by atoms with Crippen LogP contribution in [-0.2, 0) is 33.2 Å². The average Bonchev–Trinajstić information content (AvgIpc) is 3.36. The molecule has 1 aliphatic rings. The van der Waals surface area contributed by atoms with Gasteiger partial charge in [0.15, 0.2) is 0 Å². The first-order valence-electron chi connectivity index (χ1n) is 9.53. The maximum atomic E-state index is 10.6. The zero-order valence-electron chi connectivity index (χ0n) is 16.2. The summed E-state index contributed by atoms with van der Waals surface area (Å²) >= 11 is 0. The molecule has 0 radical (unpaired) electrons. The molecule has 0 saturated carbocycles. The molecule has 0 unspecified atom stereocenters. The number of aliphatic hydroxyl groups excluding tert-OH is 1. The number of fused-ring (bicyclic) bond motifs is 1. The number of rotatable bonds is 6. The molecule has 0 spiro atoms. The number of aryl methyl sites for hydroxylation is 2. The van der Waals surface area contributed by atoms with Crippen molar-refractivity contribution in [1.29, 1.82) is 0 Å². The van der Waals surface area contributed by atoms with Crippen LogP contribution in [-0.4, -0.2) is 45.9 Å². The Kier molecular flexibility index (Phi) is 4.84. The van der Waals surface area contributed by atoms with Crippen LogP contribution in [0, 0.1) is 6.92 Å². The van der Waals surface area contributed by atoms with Crippen molar-refractivity contribution in [3.8, 4) is 0 Å². The fourth-order valence-electron chi connectivity index (χ4n) is 3.73. The Morgan fingerprint density at radius 2 is 2.11 bits per heavy atom. The third kappa shape index (κ3) is 3.42. The lowest BCUT2D eigenvalue weighted by Gasteiger charge is -2.27. The molecule has 4 heterocycles. The zero-order valence-corrected chi connectivity index (χ0v) is 16.2. The van der Waals surface area contributed by atoms with E-state index in [1.54, 1.807) is 10.9 Å². The van der Waals surface area contributed by atoms with E-state index in [0.29, 0.717) is 5.69 Å². The van der Waals surface area contributed by atoms with E-state index in [1.165, 1.54) is 11.3 Å². The van der Waals surface area contributed by atoms with Crippen molar-refractivity contribution < 1.29 is 5.11 Å². The van der Waals surface area contributed by atoms with E-state index in [1.807, 2.05) is 30.1 Å². The molecule has 144 valence electrons. The van der Waals surface area contributed by atoms with Crippen LogP contribution in [0.1, 0.15) is 47.8 Å². The lowest BCUT2D eigenvalue weighted by Crippen LogP contribution is -2.33. The highest BCUT2D eigenvalue weighted by atomic mass is 16.3. The van der Waals surface area contributed by atoms with Crippen molar-refractivity contribution in [1.82, 2.24) is 34.2 Å². The Balaban J connectivity index is 1.47. The van der Waals surface area contributed by atoms with E-state index in [9.17, 15) is 5.11 Å². The standard InChI is InChI=1S/C19H27N7O/c1-4-7-25-14(2)15(11-21-25)12-24-8-9-26-16(13-24)10-17(22-26)19(27)18-5-6-20-23(18)3/h5-6,10-11,19,27H,4,7-9,12-13H2,1-3H3/t19-/m1/s1. The molecule has 8 nitrogen and oxygen atoms in total. The van der Waals surface area contributed by atoms with Crippen molar-refractivity contribution in [2.75, 3.05) is 6.54 Å². The highest BCUT2D eigenvalue weighted by molar-refractivity contribution is 5.22. The first kappa shape index (κ1) is 17.9. The molecule has 3 aromatic heterocycles. The Morgan fingerprint density at radius 3 is 2.85 bits per heavy atom. The topological polar surface area (TPSA) is 76.9 Å². The van der Waals surface area contributed by atoms with Gasteiger partial charge in [0.1, 0.15) is 6.10 Å². The van der Waals surface area contributed by atoms with Gasteiger partial charge in [-0.05, 0) is 25.5 Å². The van der Waals surface area contributed by atoms with E-state index in [2.05, 4.69) is 38.7 Å². The molecular weight excluding hydrogens is 342 g/mol. The normalized spacial score (nSPS) is 15.9. The average molecular weight is 369 g/mol. The minimum absolute atomic E-state index is 0.683. The molecule has 1 N–H and O–H groups in total. The van der Waals surface area contributed by atoms with Gasteiger partial charge in [-0.1, -0.05) is 6.92 Å². The van der Waals surface area contributed by atoms with Crippen LogP contribution in [0.5, 0.6) is 0 Å². The number of hydrogen-bond donors (Lipinski definition) is 1. The summed E-state index contributed by atoms with van der Waals surface area (Å²) in [6.45, 7) is 8.76. The van der Waals surface area contributed by atoms with Gasteiger partial charge in [-0.25, -0.2) is 0 Å². The van der Waals surface area contributed by atoms with Crippen LogP contribution in [0.2, 0.25) is 0 Å². The van der Waals surface area contributed by atoms with Crippen molar-refractivity contribution in [3.63, 3.8) is 0 Å². The molecule has 0 aliphatic carbocycles. The highest BCUT2D eigenvalue weighted by Crippen LogP contribution is 2.24. The second-order valence-corrected chi connectivity index (χ2v) is 7.25. The quantitative estimate of drug-likeness (QED) is 0.715. The fourth-order valence-corrected chi connectivity index (χ4v) is 3.73. The number of aromatic nitrogens is 6. The Labute approximate surface area is 159 Å². The Hall–Kier alpha value is -2.45. The van der Waals surface area contributed by atoms with Crippen LogP contribution in [0.3, 0.4) is 0 Å². The SMILES string of the molecule is CCCn1ncc(CN2CCn3nc([C@@H](O)c4ccnn4C)cc3C2)c1C. The second kappa shape index (κ2) is 7.28. The summed E-state index contributed by atoms with van der Waals surface area (Å²) in [4.78, 5) is 2.41. The van der Waals surface area contributed by atoms with Gasteiger partial charge in [-0.2, -0.15) is 15.3 Å². The van der Waals surface area contributed by atoms with Gasteiger partial charge in [0.05, 0.1) is 29.8 Å². The van der Waals surface area contributed by atoms with Crippen LogP contribution >= 0.6 is 0 Å². The largest absolute Gasteiger partial charge is 0.380 e. The number of aliphatic hydroxyl groups is 1. The van der Waals surface area contributed by atoms with Crippen LogP contribution in [0.4, 0.5) is 0 Å². The molecule has 1 aliphatic heterocycles. The molecule has 0 amide bonds. The summed E-state index contributed by atoms with van der Waals surface area (Å²) in [5.41, 5.74) is 5.11. The summed E-state index contributed by atoms with van der Waals surface area (Å²) in [6.07, 6.45) is 4.02. The van der Waals surface area contributed by atoms with Gasteiger partial charge in [0, 0.05) is 50.7 Å². The maximum absolute atomic E-state index is 10.6. The molecular formula is C19H27N7O. The summed E-state index contributed by atoms with van der Waals surface area (Å²) in [5.74, 6) is 0. The van der Waals surface area contributed by atoms with E-state index >= 15 is 0 Å². The van der Waals surface area contributed by atoms with Gasteiger partial charge >= 0.3 is 0 Å². The molecule has 4 rings (SSSR count). The molecule has 0 fully saturated rings. The van der Waals surface area contributed by atoms with Crippen molar-refractivity contribution in [2.24, 2.45) is 7.05 Å². The first-order valence-corrected chi connectivity index (χ1v) is 9.53. The summed E-state index contributed by atoms with van der Waals surface area (Å²) in [6, 6.07) is 3.84. The predicted octanol–water partition coefficient (Wildman–Crippen LogP) is 1.63. The molecule has 3 aromatic rings. The molecule has 27 heavy (non-hydrogen) atoms. The monoisotopic (exact) mass is 369 g/mol. The van der Waals surface area contributed by atoms with Gasteiger partial charge in [0.2, 0.25) is 0 Å². The third-order valence-corrected chi connectivity index (χ3v) is 5.35. The van der Waals surface area contributed by atoms with Gasteiger partial charge in [-0.3, -0.25) is 18.9 Å². The van der Waals surface area contributed by atoms with Crippen molar-refractivity contribution in [2.45, 2.75) is 52.6 Å². The predicted molar refractivity (Wildman–Crippen MR) is 101 cm³/mol. The zero-order chi connectivity index (χ0) is 19.0. The van der Waals surface area contributed by atoms with E-state index in [-0.39, 0.29) is 0 Å². The summed E-state index contributed by atoms with van der Waals surface area (Å²) in [5, 5.41) is 23.9. The van der Waals surface area contributed by atoms with Crippen molar-refractivity contribution >= 4 is 0 Å². The van der Waals surface area contributed by atoms with Crippen LogP contribution < -0.4 is 0 Å². The van der Waals surface area contributed by atoms with Crippen molar-refractivity contribution in [3.05, 3.63) is 52.9 Å². The lowest BCUT2D eigenvalue weighted by molar-refractivity contribution is 0.196. The minimum atomic E-state index is -0.751. The molecule has 0 aromatic carbocycles. The van der Waals surface area contributed by atoms with E-state index < -0.39 is 6.10 Å². The fraction of sp³-hybridized carbons (Fsp3) is 0.526. The van der Waals surface area contributed by atoms with E-state index in [0.717, 1.165) is 50.5 Å². The smallest absolute Gasteiger partial charge is 0.139 e. The minimum Gasteiger partial charge on any atom is -0.380 e. The summed E-state index contributed by atoms with van der Waals surface area (Å²) in [7, 11) is 1.83. The Bertz CT molecular complexity index is 923. The molecule has 0 bridgehead atoms. The number of hydrogen-bond acceptors (Lipinski definition) is 5. The second-order valence-electron chi connectivity index (χ2n) is 7.25. The van der Waals surface area contributed by atoms with Crippen LogP contribution in [0.15, 0.2) is 24.5 Å². The molecule has 8 heteroatoms. The van der Waals surface area contributed by atoms with Gasteiger partial charge in [-0.15, -0.1) is 0 Å². The molecule has 0 saturated heterocycles. The van der Waals surface area contributed by atoms with Gasteiger partial charge in [0.25, 0.3) is 0 Å². The van der Waals surface area contributed by atoms with E-state index in [4.69, 9.17) is 0 Å². The third-order valence-electron chi connectivity index (χ3n) is 5.35. The molecule has 1 atom stereocenters.